The van der Waals surface area contributed by atoms with Crippen molar-refractivity contribution in [1.29, 1.82) is 0 Å². The topological polar surface area (TPSA) is 30.2 Å². The molecule has 2 heterocycles. The normalized spacial score (nSPS) is 12.3. The Balaban J connectivity index is 2.70. The number of nitrogens with zero attached hydrogens (tertiary/aromatic N) is 3. The second-order valence-corrected chi connectivity index (χ2v) is 4.71. The molecule has 14 heavy (non-hydrogen) atoms. The van der Waals surface area contributed by atoms with Crippen molar-refractivity contribution < 1.29 is 0 Å². The molecule has 2 rings (SSSR count). The fourth-order valence-corrected chi connectivity index (χ4v) is 1.52. The van der Waals surface area contributed by atoms with E-state index in [0.717, 1.165) is 16.9 Å². The molecule has 0 amide bonds. The second kappa shape index (κ2) is 2.80. The zero-order valence-corrected chi connectivity index (χ0v) is 9.07. The quantitative estimate of drug-likeness (QED) is 0.636. The molecule has 2 aromatic rings. The standard InChI is InChI=1S/C11H15N3/c1-8-5-12-10-9(11(2,3)4)13-7-14(10)6-8/h5-7H,1-4H3. The van der Waals surface area contributed by atoms with E-state index in [1.807, 2.05) is 30.0 Å². The van der Waals surface area contributed by atoms with Gasteiger partial charge in [-0.1, -0.05) is 20.8 Å². The summed E-state index contributed by atoms with van der Waals surface area (Å²) >= 11 is 0. The van der Waals surface area contributed by atoms with E-state index in [1.165, 1.54) is 0 Å². The summed E-state index contributed by atoms with van der Waals surface area (Å²) in [6, 6.07) is 0. The van der Waals surface area contributed by atoms with Gasteiger partial charge >= 0.3 is 0 Å². The summed E-state index contributed by atoms with van der Waals surface area (Å²) in [4.78, 5) is 8.82. The number of rotatable bonds is 0. The second-order valence-electron chi connectivity index (χ2n) is 4.71. The van der Waals surface area contributed by atoms with Gasteiger partial charge in [0.05, 0.1) is 5.69 Å². The summed E-state index contributed by atoms with van der Waals surface area (Å²) in [5.74, 6) is 0. The van der Waals surface area contributed by atoms with Crippen molar-refractivity contribution in [3.8, 4) is 0 Å². The summed E-state index contributed by atoms with van der Waals surface area (Å²) in [6.45, 7) is 8.48. The summed E-state index contributed by atoms with van der Waals surface area (Å²) in [5, 5.41) is 0. The molecule has 0 atom stereocenters. The maximum Gasteiger partial charge on any atom is 0.160 e. The number of aromatic nitrogens is 3. The first-order valence-electron chi connectivity index (χ1n) is 4.78. The van der Waals surface area contributed by atoms with E-state index in [4.69, 9.17) is 0 Å². The molecule has 0 unspecified atom stereocenters. The van der Waals surface area contributed by atoms with Crippen molar-refractivity contribution in [3.05, 3.63) is 30.0 Å². The summed E-state index contributed by atoms with van der Waals surface area (Å²) in [7, 11) is 0. The highest BCUT2D eigenvalue weighted by molar-refractivity contribution is 5.47. The van der Waals surface area contributed by atoms with Crippen LogP contribution in [0.1, 0.15) is 32.0 Å². The zero-order chi connectivity index (χ0) is 10.3. The first-order valence-corrected chi connectivity index (χ1v) is 4.78. The average molecular weight is 189 g/mol. The molecular weight excluding hydrogens is 174 g/mol. The molecule has 0 aliphatic heterocycles. The monoisotopic (exact) mass is 189 g/mol. The van der Waals surface area contributed by atoms with Gasteiger partial charge in [0.15, 0.2) is 5.65 Å². The van der Waals surface area contributed by atoms with Crippen LogP contribution >= 0.6 is 0 Å². The maximum absolute atomic E-state index is 4.41. The molecule has 3 heteroatoms. The lowest BCUT2D eigenvalue weighted by molar-refractivity contribution is 0.576. The minimum absolute atomic E-state index is 0.0526. The van der Waals surface area contributed by atoms with Gasteiger partial charge in [-0.15, -0.1) is 0 Å². The van der Waals surface area contributed by atoms with Crippen molar-refractivity contribution >= 4 is 5.65 Å². The minimum Gasteiger partial charge on any atom is -0.290 e. The largest absolute Gasteiger partial charge is 0.290 e. The highest BCUT2D eigenvalue weighted by Crippen LogP contribution is 2.23. The molecule has 0 aromatic carbocycles. The first-order chi connectivity index (χ1) is 6.48. The molecule has 0 fully saturated rings. The Morgan fingerprint density at radius 1 is 1.21 bits per heavy atom. The molecule has 0 aliphatic carbocycles. The molecular formula is C11H15N3. The molecule has 0 spiro atoms. The van der Waals surface area contributed by atoms with E-state index in [0.29, 0.717) is 0 Å². The van der Waals surface area contributed by atoms with Gasteiger partial charge in [-0.3, -0.25) is 4.40 Å². The fraction of sp³-hybridized carbons (Fsp3) is 0.455. The predicted molar refractivity (Wildman–Crippen MR) is 56.4 cm³/mol. The van der Waals surface area contributed by atoms with Crippen LogP contribution < -0.4 is 0 Å². The average Bonchev–Trinajstić information content (AvgIpc) is 2.45. The smallest absolute Gasteiger partial charge is 0.160 e. The summed E-state index contributed by atoms with van der Waals surface area (Å²) in [5.41, 5.74) is 3.22. The molecule has 3 nitrogen and oxygen atoms in total. The van der Waals surface area contributed by atoms with Gasteiger partial charge in [-0.25, -0.2) is 9.97 Å². The Morgan fingerprint density at radius 3 is 2.57 bits per heavy atom. The van der Waals surface area contributed by atoms with Gasteiger partial charge in [0.1, 0.15) is 6.33 Å². The fourth-order valence-electron chi connectivity index (χ4n) is 1.52. The Kier molecular flexibility index (Phi) is 1.84. The lowest BCUT2D eigenvalue weighted by Crippen LogP contribution is -2.12. The highest BCUT2D eigenvalue weighted by atomic mass is 15.1. The number of fused-ring (bicyclic) bond motifs is 1. The van der Waals surface area contributed by atoms with Gasteiger partial charge in [0.2, 0.25) is 0 Å². The third-order valence-electron chi connectivity index (χ3n) is 2.21. The lowest BCUT2D eigenvalue weighted by Gasteiger charge is -2.14. The summed E-state index contributed by atoms with van der Waals surface area (Å²) < 4.78 is 1.98. The van der Waals surface area contributed by atoms with Crippen LogP contribution in [0.3, 0.4) is 0 Å². The van der Waals surface area contributed by atoms with Crippen LogP contribution in [0.4, 0.5) is 0 Å². The van der Waals surface area contributed by atoms with Crippen LogP contribution in [0, 0.1) is 6.92 Å². The van der Waals surface area contributed by atoms with Gasteiger partial charge in [0.25, 0.3) is 0 Å². The Morgan fingerprint density at radius 2 is 1.93 bits per heavy atom. The number of aryl methyl sites for hydroxylation is 1. The van der Waals surface area contributed by atoms with E-state index < -0.39 is 0 Å². The lowest BCUT2D eigenvalue weighted by atomic mass is 9.92. The van der Waals surface area contributed by atoms with Crippen LogP contribution in [-0.2, 0) is 5.41 Å². The van der Waals surface area contributed by atoms with E-state index in [2.05, 4.69) is 30.7 Å². The third-order valence-corrected chi connectivity index (χ3v) is 2.21. The Bertz CT molecular complexity index is 463. The Labute approximate surface area is 83.8 Å². The minimum atomic E-state index is 0.0526. The third kappa shape index (κ3) is 1.39. The van der Waals surface area contributed by atoms with Gasteiger partial charge in [-0.05, 0) is 12.5 Å². The van der Waals surface area contributed by atoms with Crippen LogP contribution in [0.15, 0.2) is 18.7 Å². The van der Waals surface area contributed by atoms with Crippen LogP contribution in [0.5, 0.6) is 0 Å². The van der Waals surface area contributed by atoms with Crippen molar-refractivity contribution in [2.45, 2.75) is 33.1 Å². The van der Waals surface area contributed by atoms with Crippen LogP contribution in [-0.4, -0.2) is 14.4 Å². The maximum atomic E-state index is 4.41. The molecule has 0 aliphatic rings. The number of hydrogen-bond donors (Lipinski definition) is 0. The zero-order valence-electron chi connectivity index (χ0n) is 9.07. The van der Waals surface area contributed by atoms with E-state index in [-0.39, 0.29) is 5.41 Å². The predicted octanol–water partition coefficient (Wildman–Crippen LogP) is 2.34. The van der Waals surface area contributed by atoms with Crippen molar-refractivity contribution in [2.24, 2.45) is 0 Å². The van der Waals surface area contributed by atoms with Gasteiger partial charge in [-0.2, -0.15) is 0 Å². The van der Waals surface area contributed by atoms with Crippen molar-refractivity contribution in [1.82, 2.24) is 14.4 Å². The number of imidazole rings is 1. The SMILES string of the molecule is Cc1cnc2c(C(C)(C)C)ncn2c1. The molecule has 0 radical (unpaired) electrons. The van der Waals surface area contributed by atoms with Crippen LogP contribution in [0.25, 0.3) is 5.65 Å². The van der Waals surface area contributed by atoms with E-state index in [1.54, 1.807) is 0 Å². The molecule has 0 N–H and O–H groups in total. The molecule has 2 aromatic heterocycles. The molecule has 0 saturated carbocycles. The highest BCUT2D eigenvalue weighted by Gasteiger charge is 2.20. The van der Waals surface area contributed by atoms with Crippen molar-refractivity contribution in [2.75, 3.05) is 0 Å². The first kappa shape index (κ1) is 9.19. The Hall–Kier alpha value is -1.38. The van der Waals surface area contributed by atoms with E-state index in [9.17, 15) is 0 Å². The van der Waals surface area contributed by atoms with Crippen molar-refractivity contribution in [3.63, 3.8) is 0 Å². The molecule has 0 bridgehead atoms. The summed E-state index contributed by atoms with van der Waals surface area (Å²) in [6.07, 6.45) is 5.76. The van der Waals surface area contributed by atoms with Gasteiger partial charge in [0, 0.05) is 17.8 Å². The van der Waals surface area contributed by atoms with Crippen LogP contribution in [0.2, 0.25) is 0 Å². The molecule has 74 valence electrons. The molecule has 0 saturated heterocycles. The van der Waals surface area contributed by atoms with Gasteiger partial charge < -0.3 is 0 Å². The number of hydrogen-bond acceptors (Lipinski definition) is 2. The van der Waals surface area contributed by atoms with E-state index >= 15 is 0 Å².